The van der Waals surface area contributed by atoms with Gasteiger partial charge in [-0.05, 0) is 36.1 Å². The van der Waals surface area contributed by atoms with Crippen molar-refractivity contribution in [2.75, 3.05) is 6.54 Å². The van der Waals surface area contributed by atoms with Crippen LogP contribution < -0.4 is 10.6 Å². The molecule has 0 radical (unpaired) electrons. The Bertz CT molecular complexity index is 946. The van der Waals surface area contributed by atoms with Gasteiger partial charge in [0.15, 0.2) is 0 Å². The summed E-state index contributed by atoms with van der Waals surface area (Å²) in [5.74, 6) is -0.416. The lowest BCUT2D eigenvalue weighted by Crippen LogP contribution is -2.42. The number of nitrogens with zero attached hydrogens (tertiary/aromatic N) is 1. The molecule has 29 heavy (non-hydrogen) atoms. The quantitative estimate of drug-likeness (QED) is 0.764. The van der Waals surface area contributed by atoms with E-state index in [-0.39, 0.29) is 30.8 Å². The van der Waals surface area contributed by atoms with Gasteiger partial charge >= 0.3 is 6.03 Å². The van der Waals surface area contributed by atoms with Crippen molar-refractivity contribution in [3.63, 3.8) is 0 Å². The second-order valence-corrected chi connectivity index (χ2v) is 8.19. The lowest BCUT2D eigenvalue weighted by Gasteiger charge is -2.24. The molecular weight excluding hydrogens is 366 g/mol. The predicted molar refractivity (Wildman–Crippen MR) is 111 cm³/mol. The molecule has 2 aromatic carbocycles. The van der Waals surface area contributed by atoms with Crippen molar-refractivity contribution in [1.29, 1.82) is 0 Å². The topological polar surface area (TPSA) is 78.5 Å². The highest BCUT2D eigenvalue weighted by Crippen LogP contribution is 2.33. The summed E-state index contributed by atoms with van der Waals surface area (Å²) in [6.07, 6.45) is 5.65. The molecule has 0 bridgehead atoms. The number of carbonyl (C=O) groups is 3. The van der Waals surface area contributed by atoms with E-state index in [0.717, 1.165) is 42.0 Å². The van der Waals surface area contributed by atoms with Crippen LogP contribution in [0.5, 0.6) is 0 Å². The molecule has 2 fully saturated rings. The van der Waals surface area contributed by atoms with Gasteiger partial charge in [0.2, 0.25) is 5.91 Å². The zero-order chi connectivity index (χ0) is 20.4. The SMILES string of the molecule is C[C@@]1(c2cccc3ccccc23)NC(=O)N(CCC(=O)NC2CCCCC2)C1=O. The summed E-state index contributed by atoms with van der Waals surface area (Å²) in [6, 6.07) is 13.3. The van der Waals surface area contributed by atoms with E-state index in [9.17, 15) is 14.4 Å². The van der Waals surface area contributed by atoms with E-state index in [1.54, 1.807) is 6.92 Å². The van der Waals surface area contributed by atoms with Crippen LogP contribution in [0.4, 0.5) is 4.79 Å². The number of benzene rings is 2. The highest BCUT2D eigenvalue weighted by atomic mass is 16.2. The van der Waals surface area contributed by atoms with Crippen LogP contribution in [0.1, 0.15) is 51.0 Å². The number of carbonyl (C=O) groups excluding carboxylic acids is 3. The number of imide groups is 1. The Hall–Kier alpha value is -2.89. The van der Waals surface area contributed by atoms with Gasteiger partial charge in [-0.1, -0.05) is 61.7 Å². The molecule has 6 heteroatoms. The number of fused-ring (bicyclic) bond motifs is 1. The summed E-state index contributed by atoms with van der Waals surface area (Å²) >= 11 is 0. The summed E-state index contributed by atoms with van der Waals surface area (Å²) in [4.78, 5) is 39.2. The normalized spacial score (nSPS) is 22.7. The smallest absolute Gasteiger partial charge is 0.325 e. The Morgan fingerprint density at radius 1 is 1.10 bits per heavy atom. The first-order chi connectivity index (χ1) is 14.0. The number of rotatable bonds is 5. The molecule has 1 atom stereocenters. The Balaban J connectivity index is 1.47. The van der Waals surface area contributed by atoms with Crippen LogP contribution in [0.2, 0.25) is 0 Å². The minimum atomic E-state index is -1.14. The van der Waals surface area contributed by atoms with Gasteiger partial charge in [-0.2, -0.15) is 0 Å². The maximum atomic E-state index is 13.2. The summed E-state index contributed by atoms with van der Waals surface area (Å²) in [6.45, 7) is 1.82. The van der Waals surface area contributed by atoms with Crippen LogP contribution >= 0.6 is 0 Å². The second-order valence-electron chi connectivity index (χ2n) is 8.19. The number of nitrogens with one attached hydrogen (secondary N) is 2. The standard InChI is InChI=1S/C23H27N3O3/c1-23(19-13-7-9-16-8-5-6-12-18(16)19)21(28)26(22(29)25-23)15-14-20(27)24-17-10-3-2-4-11-17/h5-9,12-13,17H,2-4,10-11,14-15H2,1H3,(H,24,27)(H,25,29)/t23-/m0/s1. The first-order valence-electron chi connectivity index (χ1n) is 10.4. The lowest BCUT2D eigenvalue weighted by atomic mass is 9.88. The van der Waals surface area contributed by atoms with E-state index in [1.807, 2.05) is 42.5 Å². The highest BCUT2D eigenvalue weighted by molar-refractivity contribution is 6.09. The van der Waals surface area contributed by atoms with Crippen molar-refractivity contribution >= 4 is 28.6 Å². The average molecular weight is 393 g/mol. The molecule has 0 aromatic heterocycles. The minimum absolute atomic E-state index is 0.0869. The van der Waals surface area contributed by atoms with Crippen molar-refractivity contribution in [2.24, 2.45) is 0 Å². The molecule has 1 aliphatic carbocycles. The van der Waals surface area contributed by atoms with Gasteiger partial charge < -0.3 is 10.6 Å². The van der Waals surface area contributed by atoms with Crippen molar-refractivity contribution in [1.82, 2.24) is 15.5 Å². The van der Waals surface area contributed by atoms with Gasteiger partial charge in [-0.15, -0.1) is 0 Å². The highest BCUT2D eigenvalue weighted by Gasteiger charge is 2.49. The number of hydrogen-bond donors (Lipinski definition) is 2. The third-order valence-electron chi connectivity index (χ3n) is 6.14. The van der Waals surface area contributed by atoms with Crippen molar-refractivity contribution in [2.45, 2.75) is 57.0 Å². The van der Waals surface area contributed by atoms with Gasteiger partial charge in [-0.3, -0.25) is 14.5 Å². The molecule has 1 saturated heterocycles. The van der Waals surface area contributed by atoms with Gasteiger partial charge in [-0.25, -0.2) is 4.79 Å². The van der Waals surface area contributed by atoms with E-state index in [2.05, 4.69) is 10.6 Å². The Kier molecular flexibility index (Phi) is 5.26. The zero-order valence-corrected chi connectivity index (χ0v) is 16.7. The van der Waals surface area contributed by atoms with Gasteiger partial charge in [0.05, 0.1) is 0 Å². The fourth-order valence-corrected chi connectivity index (χ4v) is 4.50. The van der Waals surface area contributed by atoms with Gasteiger partial charge in [0.1, 0.15) is 5.54 Å². The average Bonchev–Trinajstić information content (AvgIpc) is 2.95. The molecule has 0 spiro atoms. The molecule has 152 valence electrons. The van der Waals surface area contributed by atoms with Crippen molar-refractivity contribution < 1.29 is 14.4 Å². The Morgan fingerprint density at radius 3 is 2.62 bits per heavy atom. The van der Waals surface area contributed by atoms with Crippen LogP contribution in [-0.2, 0) is 15.1 Å². The van der Waals surface area contributed by atoms with E-state index >= 15 is 0 Å². The van der Waals surface area contributed by atoms with Crippen LogP contribution in [0.3, 0.4) is 0 Å². The fraction of sp³-hybridized carbons (Fsp3) is 0.435. The molecule has 2 N–H and O–H groups in total. The van der Waals surface area contributed by atoms with E-state index in [1.165, 1.54) is 11.3 Å². The van der Waals surface area contributed by atoms with Gasteiger partial charge in [0.25, 0.3) is 5.91 Å². The minimum Gasteiger partial charge on any atom is -0.353 e. The summed E-state index contributed by atoms with van der Waals surface area (Å²) in [5.41, 5.74) is -0.374. The number of urea groups is 1. The molecule has 1 heterocycles. The largest absolute Gasteiger partial charge is 0.353 e. The van der Waals surface area contributed by atoms with E-state index in [0.29, 0.717) is 0 Å². The van der Waals surface area contributed by atoms with Crippen molar-refractivity contribution in [3.05, 3.63) is 48.0 Å². The summed E-state index contributed by atoms with van der Waals surface area (Å²) in [7, 11) is 0. The second kappa shape index (κ2) is 7.85. The maximum Gasteiger partial charge on any atom is 0.325 e. The zero-order valence-electron chi connectivity index (χ0n) is 16.7. The maximum absolute atomic E-state index is 13.2. The van der Waals surface area contributed by atoms with Crippen molar-refractivity contribution in [3.8, 4) is 0 Å². The first-order valence-corrected chi connectivity index (χ1v) is 10.4. The molecule has 2 aromatic rings. The third-order valence-corrected chi connectivity index (χ3v) is 6.14. The number of hydrogen-bond acceptors (Lipinski definition) is 3. The van der Waals surface area contributed by atoms with Crippen LogP contribution in [0.15, 0.2) is 42.5 Å². The van der Waals surface area contributed by atoms with E-state index < -0.39 is 11.6 Å². The van der Waals surface area contributed by atoms with Crippen LogP contribution in [-0.4, -0.2) is 35.3 Å². The van der Waals surface area contributed by atoms with E-state index in [4.69, 9.17) is 0 Å². The molecule has 4 rings (SSSR count). The third kappa shape index (κ3) is 3.71. The molecule has 6 nitrogen and oxygen atoms in total. The summed E-state index contributed by atoms with van der Waals surface area (Å²) in [5, 5.41) is 7.84. The van der Waals surface area contributed by atoms with Crippen LogP contribution in [0, 0.1) is 0 Å². The van der Waals surface area contributed by atoms with Gasteiger partial charge in [0, 0.05) is 19.0 Å². The monoisotopic (exact) mass is 393 g/mol. The Morgan fingerprint density at radius 2 is 1.83 bits per heavy atom. The molecule has 4 amide bonds. The molecule has 0 unspecified atom stereocenters. The fourth-order valence-electron chi connectivity index (χ4n) is 4.50. The molecule has 1 aliphatic heterocycles. The Labute approximate surface area is 170 Å². The molecular formula is C23H27N3O3. The molecule has 2 aliphatic rings. The summed E-state index contributed by atoms with van der Waals surface area (Å²) < 4.78 is 0. The molecule has 1 saturated carbocycles. The number of amides is 4. The lowest BCUT2D eigenvalue weighted by molar-refractivity contribution is -0.131. The van der Waals surface area contributed by atoms with Crippen LogP contribution in [0.25, 0.3) is 10.8 Å². The predicted octanol–water partition coefficient (Wildman–Crippen LogP) is 3.45. The first kappa shape index (κ1) is 19.4.